The highest BCUT2D eigenvalue weighted by Gasteiger charge is 2.14. The summed E-state index contributed by atoms with van der Waals surface area (Å²) in [5.74, 6) is -0.262. The van der Waals surface area contributed by atoms with Gasteiger partial charge in [0.15, 0.2) is 0 Å². The van der Waals surface area contributed by atoms with Gasteiger partial charge in [-0.15, -0.1) is 0 Å². The monoisotopic (exact) mass is 306 g/mol. The van der Waals surface area contributed by atoms with Crippen molar-refractivity contribution in [2.24, 2.45) is 0 Å². The number of rotatable bonds is 4. The third kappa shape index (κ3) is 3.22. The second kappa shape index (κ2) is 6.58. The summed E-state index contributed by atoms with van der Waals surface area (Å²) in [4.78, 5) is 22.2. The van der Waals surface area contributed by atoms with Gasteiger partial charge in [-0.25, -0.2) is 10.5 Å². The summed E-state index contributed by atoms with van der Waals surface area (Å²) >= 11 is 0. The predicted octanol–water partition coefficient (Wildman–Crippen LogP) is 3.89. The topological polar surface area (TPSA) is 51.2 Å². The SMILES string of the molecule is CCONC(=O)c1cc(-c2ccccc2)nc2ccc(C)cc12. The Kier molecular flexibility index (Phi) is 4.35. The van der Waals surface area contributed by atoms with Gasteiger partial charge in [-0.05, 0) is 32.0 Å². The number of aromatic nitrogens is 1. The molecule has 1 heterocycles. The number of hydroxylamine groups is 1. The van der Waals surface area contributed by atoms with Gasteiger partial charge >= 0.3 is 0 Å². The van der Waals surface area contributed by atoms with E-state index in [1.807, 2.05) is 68.4 Å². The first-order valence-electron chi connectivity index (χ1n) is 7.58. The molecule has 0 radical (unpaired) electrons. The van der Waals surface area contributed by atoms with Crippen molar-refractivity contribution >= 4 is 16.8 Å². The summed E-state index contributed by atoms with van der Waals surface area (Å²) in [7, 11) is 0. The summed E-state index contributed by atoms with van der Waals surface area (Å²) in [5, 5.41) is 0.821. The van der Waals surface area contributed by atoms with E-state index in [0.29, 0.717) is 12.2 Å². The van der Waals surface area contributed by atoms with Crippen LogP contribution in [0.4, 0.5) is 0 Å². The lowest BCUT2D eigenvalue weighted by atomic mass is 10.0. The van der Waals surface area contributed by atoms with Gasteiger partial charge in [0.1, 0.15) is 0 Å². The van der Waals surface area contributed by atoms with E-state index in [0.717, 1.165) is 27.7 Å². The molecule has 0 unspecified atom stereocenters. The minimum absolute atomic E-state index is 0.262. The van der Waals surface area contributed by atoms with Gasteiger partial charge in [0.05, 0.1) is 23.4 Å². The number of pyridine rings is 1. The predicted molar refractivity (Wildman–Crippen MR) is 91.0 cm³/mol. The molecule has 0 spiro atoms. The highest BCUT2D eigenvalue weighted by Crippen LogP contribution is 2.25. The van der Waals surface area contributed by atoms with E-state index >= 15 is 0 Å². The molecule has 0 saturated carbocycles. The highest BCUT2D eigenvalue weighted by atomic mass is 16.6. The van der Waals surface area contributed by atoms with Gasteiger partial charge in [0.2, 0.25) is 0 Å². The van der Waals surface area contributed by atoms with Crippen LogP contribution in [-0.4, -0.2) is 17.5 Å². The molecule has 1 N–H and O–H groups in total. The lowest BCUT2D eigenvalue weighted by molar-refractivity contribution is 0.0366. The largest absolute Gasteiger partial charge is 0.275 e. The molecule has 0 atom stereocenters. The highest BCUT2D eigenvalue weighted by molar-refractivity contribution is 6.07. The van der Waals surface area contributed by atoms with E-state index in [2.05, 4.69) is 10.5 Å². The van der Waals surface area contributed by atoms with Crippen molar-refractivity contribution in [2.45, 2.75) is 13.8 Å². The van der Waals surface area contributed by atoms with Crippen LogP contribution in [0.3, 0.4) is 0 Å². The van der Waals surface area contributed by atoms with E-state index in [1.54, 1.807) is 0 Å². The number of hydrogen-bond acceptors (Lipinski definition) is 3. The standard InChI is InChI=1S/C19H18N2O2/c1-3-23-21-19(22)16-12-18(14-7-5-4-6-8-14)20-17-10-9-13(2)11-15(16)17/h4-12H,3H2,1-2H3,(H,21,22). The Bertz CT molecular complexity index is 845. The Morgan fingerprint density at radius 2 is 1.91 bits per heavy atom. The van der Waals surface area contributed by atoms with Gasteiger partial charge in [0, 0.05) is 10.9 Å². The zero-order valence-electron chi connectivity index (χ0n) is 13.2. The maximum absolute atomic E-state index is 12.4. The van der Waals surface area contributed by atoms with E-state index < -0.39 is 0 Å². The third-order valence-corrected chi connectivity index (χ3v) is 3.59. The van der Waals surface area contributed by atoms with Crippen LogP contribution in [0.1, 0.15) is 22.8 Å². The zero-order valence-corrected chi connectivity index (χ0v) is 13.2. The number of carbonyl (C=O) groups is 1. The van der Waals surface area contributed by atoms with Gasteiger partial charge in [-0.3, -0.25) is 9.63 Å². The van der Waals surface area contributed by atoms with Crippen molar-refractivity contribution in [3.63, 3.8) is 0 Å². The molecule has 116 valence electrons. The van der Waals surface area contributed by atoms with Crippen LogP contribution in [0.25, 0.3) is 22.2 Å². The van der Waals surface area contributed by atoms with E-state index in [1.165, 1.54) is 0 Å². The molecule has 0 saturated heterocycles. The average molecular weight is 306 g/mol. The van der Waals surface area contributed by atoms with Crippen molar-refractivity contribution in [3.05, 3.63) is 65.7 Å². The number of carbonyl (C=O) groups excluding carboxylic acids is 1. The molecule has 1 aromatic heterocycles. The average Bonchev–Trinajstić information content (AvgIpc) is 2.59. The molecule has 1 amide bonds. The summed E-state index contributed by atoms with van der Waals surface area (Å²) in [6.45, 7) is 4.23. The molecule has 3 rings (SSSR count). The first-order valence-corrected chi connectivity index (χ1v) is 7.58. The Hall–Kier alpha value is -2.72. The van der Waals surface area contributed by atoms with Crippen LogP contribution in [0.5, 0.6) is 0 Å². The number of fused-ring (bicyclic) bond motifs is 1. The zero-order chi connectivity index (χ0) is 16.2. The maximum Gasteiger partial charge on any atom is 0.275 e. The lowest BCUT2D eigenvalue weighted by Crippen LogP contribution is -2.24. The molecule has 0 aliphatic rings. The first-order chi connectivity index (χ1) is 11.2. The second-order valence-corrected chi connectivity index (χ2v) is 5.31. The smallest absolute Gasteiger partial charge is 0.274 e. The normalized spacial score (nSPS) is 10.7. The third-order valence-electron chi connectivity index (χ3n) is 3.59. The summed E-state index contributed by atoms with van der Waals surface area (Å²) in [6, 6.07) is 17.5. The molecule has 4 heteroatoms. The van der Waals surface area contributed by atoms with Crippen LogP contribution >= 0.6 is 0 Å². The molecular weight excluding hydrogens is 288 g/mol. The summed E-state index contributed by atoms with van der Waals surface area (Å²) in [6.07, 6.45) is 0. The second-order valence-electron chi connectivity index (χ2n) is 5.31. The van der Waals surface area contributed by atoms with Gasteiger partial charge in [0.25, 0.3) is 5.91 Å². The summed E-state index contributed by atoms with van der Waals surface area (Å²) in [5.41, 5.74) is 6.64. The number of benzene rings is 2. The van der Waals surface area contributed by atoms with Crippen molar-refractivity contribution in [1.82, 2.24) is 10.5 Å². The van der Waals surface area contributed by atoms with E-state index in [-0.39, 0.29) is 5.91 Å². The van der Waals surface area contributed by atoms with E-state index in [9.17, 15) is 4.79 Å². The molecule has 4 nitrogen and oxygen atoms in total. The van der Waals surface area contributed by atoms with Crippen molar-refractivity contribution in [3.8, 4) is 11.3 Å². The van der Waals surface area contributed by atoms with Crippen LogP contribution < -0.4 is 5.48 Å². The number of nitrogens with zero attached hydrogens (tertiary/aromatic N) is 1. The number of hydrogen-bond donors (Lipinski definition) is 1. The fraction of sp³-hybridized carbons (Fsp3) is 0.158. The molecule has 0 bridgehead atoms. The minimum atomic E-state index is -0.262. The fourth-order valence-corrected chi connectivity index (χ4v) is 2.48. The van der Waals surface area contributed by atoms with Crippen LogP contribution in [0.15, 0.2) is 54.6 Å². The number of nitrogens with one attached hydrogen (secondary N) is 1. The Balaban J connectivity index is 2.18. The van der Waals surface area contributed by atoms with Gasteiger partial charge < -0.3 is 0 Å². The van der Waals surface area contributed by atoms with Crippen LogP contribution in [0.2, 0.25) is 0 Å². The van der Waals surface area contributed by atoms with Crippen molar-refractivity contribution in [2.75, 3.05) is 6.61 Å². The molecule has 0 aliphatic heterocycles. The molecule has 0 aliphatic carbocycles. The number of amides is 1. The minimum Gasteiger partial charge on any atom is -0.274 e. The molecular formula is C19H18N2O2. The molecule has 2 aromatic carbocycles. The van der Waals surface area contributed by atoms with Crippen LogP contribution in [-0.2, 0) is 4.84 Å². The van der Waals surface area contributed by atoms with Crippen molar-refractivity contribution in [1.29, 1.82) is 0 Å². The van der Waals surface area contributed by atoms with Gasteiger partial charge in [-0.1, -0.05) is 42.0 Å². The Morgan fingerprint density at radius 1 is 1.13 bits per heavy atom. The molecule has 23 heavy (non-hydrogen) atoms. The fourth-order valence-electron chi connectivity index (χ4n) is 2.48. The number of aryl methyl sites for hydroxylation is 1. The molecule has 3 aromatic rings. The summed E-state index contributed by atoms with van der Waals surface area (Å²) < 4.78 is 0. The van der Waals surface area contributed by atoms with E-state index in [4.69, 9.17) is 4.84 Å². The van der Waals surface area contributed by atoms with Crippen LogP contribution in [0, 0.1) is 6.92 Å². The van der Waals surface area contributed by atoms with Gasteiger partial charge in [-0.2, -0.15) is 0 Å². The quantitative estimate of drug-likeness (QED) is 0.744. The first kappa shape index (κ1) is 15.2. The molecule has 0 fully saturated rings. The lowest BCUT2D eigenvalue weighted by Gasteiger charge is -2.11. The van der Waals surface area contributed by atoms with Crippen molar-refractivity contribution < 1.29 is 9.63 Å². The Labute approximate surface area is 135 Å². The Morgan fingerprint density at radius 3 is 2.65 bits per heavy atom. The maximum atomic E-state index is 12.4.